The van der Waals surface area contributed by atoms with Crippen LogP contribution in [0.3, 0.4) is 0 Å². The molecule has 3 nitrogen and oxygen atoms in total. The van der Waals surface area contributed by atoms with E-state index < -0.39 is 0 Å². The zero-order valence-electron chi connectivity index (χ0n) is 6.02. The lowest BCUT2D eigenvalue weighted by Crippen LogP contribution is -3.16. The smallest absolute Gasteiger partial charge is 0.309 e. The van der Waals surface area contributed by atoms with Crippen molar-refractivity contribution in [2.75, 3.05) is 26.3 Å². The molecule has 60 valence electrons. The number of quaternary nitrogens is 1. The molecule has 4 heteroatoms. The molecule has 0 unspecified atom stereocenters. The highest BCUT2D eigenvalue weighted by molar-refractivity contribution is 5.63. The SMILES string of the molecule is CC(=O)[NH+]1CCOCC1.[Cl-]. The third-order valence-corrected chi connectivity index (χ3v) is 1.59. The van der Waals surface area contributed by atoms with Crippen LogP contribution in [-0.4, -0.2) is 32.2 Å². The molecule has 0 atom stereocenters. The summed E-state index contributed by atoms with van der Waals surface area (Å²) < 4.78 is 5.08. The van der Waals surface area contributed by atoms with Crippen molar-refractivity contribution < 1.29 is 26.8 Å². The van der Waals surface area contributed by atoms with Gasteiger partial charge >= 0.3 is 5.91 Å². The van der Waals surface area contributed by atoms with Crippen LogP contribution in [0, 0.1) is 0 Å². The molecule has 0 aromatic rings. The lowest BCUT2D eigenvalue weighted by molar-refractivity contribution is -0.829. The Bertz CT molecular complexity index is 112. The molecule has 1 aliphatic heterocycles. The van der Waals surface area contributed by atoms with Gasteiger partial charge in [-0.15, -0.1) is 0 Å². The van der Waals surface area contributed by atoms with Gasteiger partial charge in [0.05, 0.1) is 20.1 Å². The highest BCUT2D eigenvalue weighted by atomic mass is 35.5. The van der Waals surface area contributed by atoms with Crippen LogP contribution in [0.1, 0.15) is 6.92 Å². The fourth-order valence-corrected chi connectivity index (χ4v) is 0.970. The van der Waals surface area contributed by atoms with Crippen LogP contribution in [0.2, 0.25) is 0 Å². The third-order valence-electron chi connectivity index (χ3n) is 1.59. The molecule has 1 saturated heterocycles. The molecule has 1 N–H and O–H groups in total. The van der Waals surface area contributed by atoms with Crippen LogP contribution < -0.4 is 17.3 Å². The van der Waals surface area contributed by atoms with E-state index in [-0.39, 0.29) is 18.3 Å². The Morgan fingerprint density at radius 2 is 1.90 bits per heavy atom. The first kappa shape index (κ1) is 9.88. The zero-order valence-corrected chi connectivity index (χ0v) is 6.78. The number of carbonyl (C=O) groups excluding carboxylic acids is 1. The number of hydrogen-bond acceptors (Lipinski definition) is 2. The average Bonchev–Trinajstić information content (AvgIpc) is 1.90. The van der Waals surface area contributed by atoms with Crippen LogP contribution in [0.4, 0.5) is 0 Å². The Balaban J connectivity index is 0.000000810. The Morgan fingerprint density at radius 1 is 1.40 bits per heavy atom. The summed E-state index contributed by atoms with van der Waals surface area (Å²) in [5.74, 6) is 0.235. The summed E-state index contributed by atoms with van der Waals surface area (Å²) >= 11 is 0. The van der Waals surface area contributed by atoms with Gasteiger partial charge in [-0.05, 0) is 0 Å². The summed E-state index contributed by atoms with van der Waals surface area (Å²) in [5.41, 5.74) is 0. The van der Waals surface area contributed by atoms with Gasteiger partial charge in [-0.3, -0.25) is 4.90 Å². The molecule has 1 aliphatic rings. The van der Waals surface area contributed by atoms with E-state index in [2.05, 4.69) is 0 Å². The Hall–Kier alpha value is -0.120. The molecule has 1 heterocycles. The molecule has 1 fully saturated rings. The predicted octanol–water partition coefficient (Wildman–Crippen LogP) is -4.55. The van der Waals surface area contributed by atoms with E-state index in [1.165, 1.54) is 0 Å². The first-order chi connectivity index (χ1) is 4.30. The van der Waals surface area contributed by atoms with Gasteiger partial charge in [-0.25, -0.2) is 4.79 Å². The van der Waals surface area contributed by atoms with Crippen molar-refractivity contribution in [3.63, 3.8) is 0 Å². The van der Waals surface area contributed by atoms with Crippen LogP contribution in [0.15, 0.2) is 0 Å². The van der Waals surface area contributed by atoms with Gasteiger partial charge in [0.15, 0.2) is 0 Å². The highest BCUT2D eigenvalue weighted by Gasteiger charge is 2.17. The molecular formula is C6H12ClNO2. The first-order valence-electron chi connectivity index (χ1n) is 3.24. The van der Waals surface area contributed by atoms with Crippen molar-refractivity contribution in [3.05, 3.63) is 0 Å². The molecule has 0 aliphatic carbocycles. The first-order valence-corrected chi connectivity index (χ1v) is 3.24. The summed E-state index contributed by atoms with van der Waals surface area (Å²) in [6.45, 7) is 4.77. The molecule has 0 saturated carbocycles. The maximum Gasteiger partial charge on any atom is 0.309 e. The summed E-state index contributed by atoms with van der Waals surface area (Å²) in [7, 11) is 0. The second kappa shape index (κ2) is 4.66. The molecule has 0 spiro atoms. The summed E-state index contributed by atoms with van der Waals surface area (Å²) in [6, 6.07) is 0. The van der Waals surface area contributed by atoms with E-state index in [0.717, 1.165) is 31.2 Å². The minimum absolute atomic E-state index is 0. The van der Waals surface area contributed by atoms with Crippen LogP contribution in [-0.2, 0) is 9.53 Å². The summed E-state index contributed by atoms with van der Waals surface area (Å²) in [6.07, 6.45) is 0. The lowest BCUT2D eigenvalue weighted by Gasteiger charge is -2.19. The topological polar surface area (TPSA) is 30.7 Å². The number of halogens is 1. The molecule has 0 bridgehead atoms. The predicted molar refractivity (Wildman–Crippen MR) is 32.2 cm³/mol. The lowest BCUT2D eigenvalue weighted by atomic mass is 10.4. The minimum atomic E-state index is 0. The van der Waals surface area contributed by atoms with E-state index in [1.807, 2.05) is 0 Å². The summed E-state index contributed by atoms with van der Waals surface area (Å²) in [4.78, 5) is 11.7. The van der Waals surface area contributed by atoms with Crippen LogP contribution in [0.25, 0.3) is 0 Å². The van der Waals surface area contributed by atoms with Gasteiger partial charge in [0.2, 0.25) is 0 Å². The number of morpholine rings is 1. The van der Waals surface area contributed by atoms with Gasteiger partial charge < -0.3 is 17.1 Å². The van der Waals surface area contributed by atoms with E-state index in [4.69, 9.17) is 4.74 Å². The van der Waals surface area contributed by atoms with Crippen LogP contribution >= 0.6 is 0 Å². The molecule has 0 aromatic heterocycles. The van der Waals surface area contributed by atoms with Crippen molar-refractivity contribution in [3.8, 4) is 0 Å². The number of nitrogens with one attached hydrogen (secondary N) is 1. The molecule has 1 rings (SSSR count). The Morgan fingerprint density at radius 3 is 2.20 bits per heavy atom. The van der Waals surface area contributed by atoms with Crippen molar-refractivity contribution >= 4 is 5.91 Å². The van der Waals surface area contributed by atoms with Crippen molar-refractivity contribution in [1.82, 2.24) is 0 Å². The standard InChI is InChI=1S/C6H11NO2.ClH/c1-6(8)7-2-4-9-5-3-7;/h2-5H2,1H3;1H. The van der Waals surface area contributed by atoms with Gasteiger partial charge in [0.25, 0.3) is 0 Å². The Kier molecular flexibility index (Phi) is 4.60. The fraction of sp³-hybridized carbons (Fsp3) is 0.833. The van der Waals surface area contributed by atoms with E-state index in [1.54, 1.807) is 6.92 Å². The van der Waals surface area contributed by atoms with Gasteiger partial charge in [0, 0.05) is 0 Å². The van der Waals surface area contributed by atoms with Crippen molar-refractivity contribution in [2.45, 2.75) is 6.92 Å². The van der Waals surface area contributed by atoms with Crippen LogP contribution in [0.5, 0.6) is 0 Å². The second-order valence-corrected chi connectivity index (χ2v) is 2.27. The van der Waals surface area contributed by atoms with Gasteiger partial charge in [0.1, 0.15) is 13.1 Å². The number of amides is 1. The maximum absolute atomic E-state index is 10.7. The van der Waals surface area contributed by atoms with E-state index >= 15 is 0 Å². The normalized spacial score (nSPS) is 19.7. The molecule has 10 heavy (non-hydrogen) atoms. The quantitative estimate of drug-likeness (QED) is 0.392. The van der Waals surface area contributed by atoms with E-state index in [0.29, 0.717) is 0 Å². The third kappa shape index (κ3) is 2.64. The number of ether oxygens (including phenoxy) is 1. The highest BCUT2D eigenvalue weighted by Crippen LogP contribution is 1.74. The van der Waals surface area contributed by atoms with Crippen molar-refractivity contribution in [2.24, 2.45) is 0 Å². The van der Waals surface area contributed by atoms with Crippen molar-refractivity contribution in [1.29, 1.82) is 0 Å². The largest absolute Gasteiger partial charge is 1.00 e. The van der Waals surface area contributed by atoms with Gasteiger partial charge in [-0.1, -0.05) is 0 Å². The minimum Gasteiger partial charge on any atom is -1.00 e. The average molecular weight is 166 g/mol. The number of hydrogen-bond donors (Lipinski definition) is 1. The number of rotatable bonds is 0. The maximum atomic E-state index is 10.7. The molecule has 0 aromatic carbocycles. The number of carbonyl (C=O) groups is 1. The monoisotopic (exact) mass is 165 g/mol. The summed E-state index contributed by atoms with van der Waals surface area (Å²) in [5, 5.41) is 0. The molecular weight excluding hydrogens is 154 g/mol. The Labute approximate surface area is 66.7 Å². The van der Waals surface area contributed by atoms with E-state index in [9.17, 15) is 4.79 Å². The second-order valence-electron chi connectivity index (χ2n) is 2.27. The molecule has 0 radical (unpaired) electrons. The fourth-order valence-electron chi connectivity index (χ4n) is 0.970. The van der Waals surface area contributed by atoms with Gasteiger partial charge in [-0.2, -0.15) is 0 Å². The zero-order chi connectivity index (χ0) is 6.69. The molecule has 1 amide bonds.